The molecule has 2 aromatic carbocycles. The number of hydrogen-bond donors (Lipinski definition) is 1. The number of hydrogen-bond acceptors (Lipinski definition) is 6. The molecular formula is C16H14N2O3S. The summed E-state index contributed by atoms with van der Waals surface area (Å²) in [4.78, 5) is 16.3. The molecule has 0 fully saturated rings. The molecule has 6 heteroatoms. The second-order valence-electron chi connectivity index (χ2n) is 4.66. The Labute approximate surface area is 131 Å². The molecule has 0 amide bonds. The molecule has 1 heterocycles. The molecule has 0 aliphatic carbocycles. The summed E-state index contributed by atoms with van der Waals surface area (Å²) in [6, 6.07) is 12.6. The number of nitrogens with zero attached hydrogens (tertiary/aromatic N) is 1. The predicted octanol–water partition coefficient (Wildman–Crippen LogP) is 3.24. The van der Waals surface area contributed by atoms with Crippen LogP contribution in [0.25, 0.3) is 10.2 Å². The standard InChI is InChI=1S/C16H14N2O3S/c1-20-12-5-2-10(3-6-12)9-21-15(19)11-4-7-13-14(8-11)22-16(17)18-13/h2-8H,9H2,1H3,(H2,17,18). The van der Waals surface area contributed by atoms with Gasteiger partial charge >= 0.3 is 5.97 Å². The minimum absolute atomic E-state index is 0.214. The van der Waals surface area contributed by atoms with Gasteiger partial charge in [-0.05, 0) is 35.9 Å². The molecule has 1 aromatic heterocycles. The maximum atomic E-state index is 12.1. The zero-order valence-electron chi connectivity index (χ0n) is 11.9. The van der Waals surface area contributed by atoms with Crippen LogP contribution in [0.4, 0.5) is 5.13 Å². The Balaban J connectivity index is 1.69. The van der Waals surface area contributed by atoms with Crippen LogP contribution < -0.4 is 10.5 Å². The number of thiazole rings is 1. The summed E-state index contributed by atoms with van der Waals surface area (Å²) in [7, 11) is 1.61. The van der Waals surface area contributed by atoms with E-state index in [4.69, 9.17) is 15.2 Å². The summed E-state index contributed by atoms with van der Waals surface area (Å²) in [5, 5.41) is 0.485. The number of carbonyl (C=O) groups is 1. The maximum Gasteiger partial charge on any atom is 0.338 e. The Morgan fingerprint density at radius 1 is 1.23 bits per heavy atom. The van der Waals surface area contributed by atoms with Gasteiger partial charge in [-0.3, -0.25) is 0 Å². The fourth-order valence-corrected chi connectivity index (χ4v) is 2.80. The first-order valence-electron chi connectivity index (χ1n) is 6.62. The van der Waals surface area contributed by atoms with Crippen LogP contribution in [0.3, 0.4) is 0 Å². The Bertz CT molecular complexity index is 812. The van der Waals surface area contributed by atoms with Crippen molar-refractivity contribution in [3.63, 3.8) is 0 Å². The van der Waals surface area contributed by atoms with Crippen LogP contribution in [0, 0.1) is 0 Å². The lowest BCUT2D eigenvalue weighted by molar-refractivity contribution is 0.0473. The van der Waals surface area contributed by atoms with Crippen LogP contribution in [0.2, 0.25) is 0 Å². The summed E-state index contributed by atoms with van der Waals surface area (Å²) in [6.45, 7) is 0.214. The molecule has 0 saturated carbocycles. The van der Waals surface area contributed by atoms with E-state index in [1.807, 2.05) is 24.3 Å². The molecule has 5 nitrogen and oxygen atoms in total. The number of nitrogens with two attached hydrogens (primary N) is 1. The molecular weight excluding hydrogens is 300 g/mol. The zero-order valence-corrected chi connectivity index (χ0v) is 12.7. The van der Waals surface area contributed by atoms with Crippen LogP contribution in [-0.2, 0) is 11.3 Å². The van der Waals surface area contributed by atoms with Gasteiger partial charge in [-0.2, -0.15) is 0 Å². The van der Waals surface area contributed by atoms with Gasteiger partial charge in [0.2, 0.25) is 0 Å². The Morgan fingerprint density at radius 2 is 2.00 bits per heavy atom. The van der Waals surface area contributed by atoms with Crippen molar-refractivity contribution in [2.45, 2.75) is 6.61 Å². The van der Waals surface area contributed by atoms with Crippen molar-refractivity contribution in [2.24, 2.45) is 0 Å². The number of methoxy groups -OCH3 is 1. The van der Waals surface area contributed by atoms with Gasteiger partial charge in [-0.25, -0.2) is 9.78 Å². The summed E-state index contributed by atoms with van der Waals surface area (Å²) in [5.74, 6) is 0.396. The van der Waals surface area contributed by atoms with Gasteiger partial charge in [-0.1, -0.05) is 23.5 Å². The average molecular weight is 314 g/mol. The molecule has 0 spiro atoms. The van der Waals surface area contributed by atoms with E-state index in [-0.39, 0.29) is 12.6 Å². The molecule has 112 valence electrons. The van der Waals surface area contributed by atoms with Gasteiger partial charge in [-0.15, -0.1) is 0 Å². The van der Waals surface area contributed by atoms with Gasteiger partial charge < -0.3 is 15.2 Å². The van der Waals surface area contributed by atoms with Gasteiger partial charge in [0.15, 0.2) is 5.13 Å². The normalized spacial score (nSPS) is 10.6. The minimum Gasteiger partial charge on any atom is -0.497 e. The number of anilines is 1. The second kappa shape index (κ2) is 6.03. The highest BCUT2D eigenvalue weighted by Crippen LogP contribution is 2.25. The SMILES string of the molecule is COc1ccc(COC(=O)c2ccc3nc(N)sc3c2)cc1. The lowest BCUT2D eigenvalue weighted by Gasteiger charge is -2.06. The first-order valence-corrected chi connectivity index (χ1v) is 7.43. The third kappa shape index (κ3) is 3.01. The highest BCUT2D eigenvalue weighted by molar-refractivity contribution is 7.22. The van der Waals surface area contributed by atoms with E-state index in [9.17, 15) is 4.79 Å². The number of nitrogen functional groups attached to an aromatic ring is 1. The van der Waals surface area contributed by atoms with Crippen molar-refractivity contribution in [3.8, 4) is 5.75 Å². The minimum atomic E-state index is -0.371. The lowest BCUT2D eigenvalue weighted by atomic mass is 10.2. The van der Waals surface area contributed by atoms with Crippen LogP contribution in [0.5, 0.6) is 5.75 Å². The number of carbonyl (C=O) groups excluding carboxylic acids is 1. The van der Waals surface area contributed by atoms with E-state index in [2.05, 4.69) is 4.98 Å². The molecule has 3 rings (SSSR count). The summed E-state index contributed by atoms with van der Waals surface area (Å²) in [6.07, 6.45) is 0. The number of fused-ring (bicyclic) bond motifs is 1. The quantitative estimate of drug-likeness (QED) is 0.748. The first-order chi connectivity index (χ1) is 10.7. The smallest absolute Gasteiger partial charge is 0.338 e. The number of rotatable bonds is 4. The third-order valence-corrected chi connectivity index (χ3v) is 4.02. The number of esters is 1. The van der Waals surface area contributed by atoms with Gasteiger partial charge in [0.25, 0.3) is 0 Å². The van der Waals surface area contributed by atoms with Crippen LogP contribution in [0.15, 0.2) is 42.5 Å². The molecule has 2 N–H and O–H groups in total. The van der Waals surface area contributed by atoms with E-state index < -0.39 is 0 Å². The Kier molecular flexibility index (Phi) is 3.93. The second-order valence-corrected chi connectivity index (χ2v) is 5.72. The Morgan fingerprint density at radius 3 is 2.73 bits per heavy atom. The van der Waals surface area contributed by atoms with E-state index in [0.717, 1.165) is 21.5 Å². The molecule has 0 bridgehead atoms. The topological polar surface area (TPSA) is 74.4 Å². The van der Waals surface area contributed by atoms with E-state index in [0.29, 0.717) is 10.7 Å². The third-order valence-electron chi connectivity index (χ3n) is 3.17. The molecule has 0 aliphatic heterocycles. The molecule has 22 heavy (non-hydrogen) atoms. The summed E-state index contributed by atoms with van der Waals surface area (Å²) in [5.41, 5.74) is 7.83. The van der Waals surface area contributed by atoms with Gasteiger partial charge in [0.05, 0.1) is 22.9 Å². The zero-order chi connectivity index (χ0) is 15.5. The van der Waals surface area contributed by atoms with Gasteiger partial charge in [0.1, 0.15) is 12.4 Å². The molecule has 0 atom stereocenters. The number of ether oxygens (including phenoxy) is 2. The molecule has 0 unspecified atom stereocenters. The maximum absolute atomic E-state index is 12.1. The van der Waals surface area contributed by atoms with E-state index >= 15 is 0 Å². The van der Waals surface area contributed by atoms with Crippen molar-refractivity contribution in [3.05, 3.63) is 53.6 Å². The van der Waals surface area contributed by atoms with Crippen molar-refractivity contribution in [2.75, 3.05) is 12.8 Å². The van der Waals surface area contributed by atoms with Crippen molar-refractivity contribution in [1.82, 2.24) is 4.98 Å². The van der Waals surface area contributed by atoms with Crippen LogP contribution >= 0.6 is 11.3 Å². The molecule has 0 radical (unpaired) electrons. The van der Waals surface area contributed by atoms with Crippen LogP contribution in [0.1, 0.15) is 15.9 Å². The molecule has 3 aromatic rings. The predicted molar refractivity (Wildman–Crippen MR) is 86.1 cm³/mol. The fraction of sp³-hybridized carbons (Fsp3) is 0.125. The highest BCUT2D eigenvalue weighted by atomic mass is 32.1. The van der Waals surface area contributed by atoms with Crippen molar-refractivity contribution >= 4 is 32.7 Å². The van der Waals surface area contributed by atoms with Crippen molar-refractivity contribution < 1.29 is 14.3 Å². The largest absolute Gasteiger partial charge is 0.497 e. The van der Waals surface area contributed by atoms with Crippen LogP contribution in [-0.4, -0.2) is 18.1 Å². The molecule has 0 aliphatic rings. The first kappa shape index (κ1) is 14.3. The Hall–Kier alpha value is -2.60. The van der Waals surface area contributed by atoms with E-state index in [1.54, 1.807) is 25.3 Å². The highest BCUT2D eigenvalue weighted by Gasteiger charge is 2.10. The number of aromatic nitrogens is 1. The lowest BCUT2D eigenvalue weighted by Crippen LogP contribution is -2.05. The van der Waals surface area contributed by atoms with Crippen molar-refractivity contribution in [1.29, 1.82) is 0 Å². The average Bonchev–Trinajstić information content (AvgIpc) is 2.92. The summed E-state index contributed by atoms with van der Waals surface area (Å²) >= 11 is 1.35. The molecule has 0 saturated heterocycles. The van der Waals surface area contributed by atoms with Gasteiger partial charge in [0, 0.05) is 0 Å². The summed E-state index contributed by atoms with van der Waals surface area (Å²) < 4.78 is 11.3. The van der Waals surface area contributed by atoms with E-state index in [1.165, 1.54) is 11.3 Å². The number of benzene rings is 2. The fourth-order valence-electron chi connectivity index (χ4n) is 2.02. The monoisotopic (exact) mass is 314 g/mol.